The highest BCUT2D eigenvalue weighted by atomic mass is 79.9. The Morgan fingerprint density at radius 1 is 0.514 bits per heavy atom. The van der Waals surface area contributed by atoms with Gasteiger partial charge in [-0.05, 0) is 62.1 Å². The zero-order valence-corrected chi connectivity index (χ0v) is 23.4. The molecule has 4 heteroatoms. The number of benzene rings is 3. The van der Waals surface area contributed by atoms with Gasteiger partial charge in [-0.25, -0.2) is 0 Å². The van der Waals surface area contributed by atoms with Crippen molar-refractivity contribution in [3.63, 3.8) is 0 Å². The van der Waals surface area contributed by atoms with E-state index in [1.54, 1.807) is 0 Å². The van der Waals surface area contributed by atoms with Gasteiger partial charge in [0.15, 0.2) is 0 Å². The number of rotatable bonds is 16. The summed E-state index contributed by atoms with van der Waals surface area (Å²) in [5.74, 6) is -0.918. The van der Waals surface area contributed by atoms with Gasteiger partial charge in [-0.1, -0.05) is 99.5 Å². The Morgan fingerprint density at radius 3 is 1.17 bits per heavy atom. The van der Waals surface area contributed by atoms with Crippen molar-refractivity contribution in [2.75, 3.05) is 6.16 Å². The molecule has 0 amide bonds. The first kappa shape index (κ1) is 29.3. The fourth-order valence-corrected chi connectivity index (χ4v) is 9.32. The topological polar surface area (TPSA) is 40.1 Å². The Labute approximate surface area is 223 Å². The van der Waals surface area contributed by atoms with Gasteiger partial charge in [0, 0.05) is 5.97 Å². The summed E-state index contributed by atoms with van der Waals surface area (Å²) in [5, 5.41) is 14.9. The van der Waals surface area contributed by atoms with Crippen LogP contribution in [-0.4, -0.2) is 12.1 Å². The lowest BCUT2D eigenvalue weighted by Crippen LogP contribution is -2.33. The first-order valence-corrected chi connectivity index (χ1v) is 15.0. The molecule has 0 aromatic heterocycles. The molecule has 3 rings (SSSR count). The third-order valence-corrected chi connectivity index (χ3v) is 11.2. The number of hydrogen-bond acceptors (Lipinski definition) is 2. The van der Waals surface area contributed by atoms with E-state index < -0.39 is 13.2 Å². The molecule has 0 saturated heterocycles. The van der Waals surface area contributed by atoms with Gasteiger partial charge in [0.05, 0.1) is 6.16 Å². The Morgan fingerprint density at radius 2 is 0.829 bits per heavy atom. The van der Waals surface area contributed by atoms with Gasteiger partial charge in [-0.15, -0.1) is 17.0 Å². The molecule has 35 heavy (non-hydrogen) atoms. The minimum Gasteiger partial charge on any atom is -0.550 e. The van der Waals surface area contributed by atoms with E-state index in [-0.39, 0.29) is 23.4 Å². The van der Waals surface area contributed by atoms with Crippen LogP contribution in [0, 0.1) is 0 Å². The van der Waals surface area contributed by atoms with Crippen LogP contribution in [0.1, 0.15) is 70.6 Å². The smallest absolute Gasteiger partial charge is 0.112 e. The van der Waals surface area contributed by atoms with Gasteiger partial charge in [0.25, 0.3) is 0 Å². The molecule has 0 saturated carbocycles. The van der Waals surface area contributed by atoms with Crippen LogP contribution in [0.25, 0.3) is 0 Å². The molecule has 0 aliphatic carbocycles. The quantitative estimate of drug-likeness (QED) is 0.148. The van der Waals surface area contributed by atoms with Gasteiger partial charge in [-0.2, -0.15) is 0 Å². The van der Waals surface area contributed by atoms with Crippen LogP contribution in [0.2, 0.25) is 0 Å². The molecule has 188 valence electrons. The van der Waals surface area contributed by atoms with Gasteiger partial charge in [-0.3, -0.25) is 0 Å². The van der Waals surface area contributed by atoms with E-state index in [1.807, 2.05) is 0 Å². The maximum Gasteiger partial charge on any atom is 0.112 e. The summed E-state index contributed by atoms with van der Waals surface area (Å²) >= 11 is 0. The molecule has 0 radical (unpaired) electrons. The standard InChI is InChI=1S/C31H39O2P.BrH/c32-31(33)26-18-7-5-3-1-2-4-6-8-19-27-34(28-20-12-9-13-21-28,29-22-14-10-15-23-29)30-24-16-11-17-25-30;/h9-17,20-25H,1-8,18-19,26-27H2;1H. The van der Waals surface area contributed by atoms with E-state index in [0.717, 1.165) is 19.3 Å². The monoisotopic (exact) mass is 554 g/mol. The highest BCUT2D eigenvalue weighted by molar-refractivity contribution is 8.93. The fraction of sp³-hybridized carbons (Fsp3) is 0.387. The molecule has 0 spiro atoms. The highest BCUT2D eigenvalue weighted by Crippen LogP contribution is 2.55. The van der Waals surface area contributed by atoms with Crippen molar-refractivity contribution in [2.24, 2.45) is 0 Å². The van der Waals surface area contributed by atoms with Crippen molar-refractivity contribution >= 4 is 46.1 Å². The summed E-state index contributed by atoms with van der Waals surface area (Å²) in [4.78, 5) is 10.5. The number of halogens is 1. The lowest BCUT2D eigenvalue weighted by molar-refractivity contribution is -0.305. The van der Waals surface area contributed by atoms with Crippen molar-refractivity contribution in [2.45, 2.75) is 70.6 Å². The van der Waals surface area contributed by atoms with E-state index in [4.69, 9.17) is 0 Å². The van der Waals surface area contributed by atoms with E-state index in [1.165, 1.54) is 67.0 Å². The van der Waals surface area contributed by atoms with Crippen LogP contribution in [0.5, 0.6) is 0 Å². The number of carboxylic acid groups (broad SMARTS) is 1. The first-order chi connectivity index (χ1) is 16.7. The van der Waals surface area contributed by atoms with Crippen LogP contribution >= 0.6 is 24.2 Å². The maximum absolute atomic E-state index is 10.5. The van der Waals surface area contributed by atoms with Crippen LogP contribution in [0.3, 0.4) is 0 Å². The Kier molecular flexibility index (Phi) is 13.9. The van der Waals surface area contributed by atoms with Gasteiger partial charge < -0.3 is 9.90 Å². The highest BCUT2D eigenvalue weighted by Gasteiger charge is 2.44. The van der Waals surface area contributed by atoms with E-state index in [0.29, 0.717) is 0 Å². The van der Waals surface area contributed by atoms with E-state index >= 15 is 0 Å². The number of unbranched alkanes of at least 4 members (excludes halogenated alkanes) is 9. The molecule has 0 atom stereocenters. The number of hydrogen-bond donors (Lipinski definition) is 0. The average Bonchev–Trinajstić information content (AvgIpc) is 2.88. The second-order valence-corrected chi connectivity index (χ2v) is 12.8. The van der Waals surface area contributed by atoms with Crippen molar-refractivity contribution in [3.05, 3.63) is 91.0 Å². The molecule has 3 aromatic carbocycles. The molecule has 0 fully saturated rings. The van der Waals surface area contributed by atoms with E-state index in [2.05, 4.69) is 91.0 Å². The van der Waals surface area contributed by atoms with Gasteiger partial charge in [0.1, 0.15) is 23.2 Å². The predicted molar refractivity (Wildman–Crippen MR) is 156 cm³/mol. The second kappa shape index (κ2) is 16.7. The SMILES string of the molecule is Br.O=C([O-])CCCCCCCCCCCC[P+](c1ccccc1)(c1ccccc1)c1ccccc1. The molecule has 0 bridgehead atoms. The molecular weight excluding hydrogens is 515 g/mol. The van der Waals surface area contributed by atoms with Crippen molar-refractivity contribution < 1.29 is 9.90 Å². The van der Waals surface area contributed by atoms with E-state index in [9.17, 15) is 9.90 Å². The molecular formula is C31H40BrO2P. The van der Waals surface area contributed by atoms with Gasteiger partial charge >= 0.3 is 0 Å². The van der Waals surface area contributed by atoms with Gasteiger partial charge in [0.2, 0.25) is 0 Å². The van der Waals surface area contributed by atoms with Crippen molar-refractivity contribution in [3.8, 4) is 0 Å². The van der Waals surface area contributed by atoms with Crippen LogP contribution in [0.4, 0.5) is 0 Å². The number of carbonyl (C=O) groups excluding carboxylic acids is 1. The molecule has 0 heterocycles. The summed E-state index contributed by atoms with van der Waals surface area (Å²) in [6.45, 7) is 0. The number of aliphatic carboxylic acids is 1. The molecule has 3 aromatic rings. The van der Waals surface area contributed by atoms with Crippen LogP contribution in [-0.2, 0) is 4.79 Å². The summed E-state index contributed by atoms with van der Waals surface area (Å²) in [6, 6.07) is 33.5. The molecule has 0 aliphatic rings. The zero-order chi connectivity index (χ0) is 23.9. The van der Waals surface area contributed by atoms with Crippen LogP contribution in [0.15, 0.2) is 91.0 Å². The minimum absolute atomic E-state index is 0. The predicted octanol–water partition coefficient (Wildman–Crippen LogP) is 6.60. The molecule has 2 nitrogen and oxygen atoms in total. The molecule has 0 unspecified atom stereocenters. The lowest BCUT2D eigenvalue weighted by Gasteiger charge is -2.27. The Bertz CT molecular complexity index is 851. The normalized spacial score (nSPS) is 11.1. The van der Waals surface area contributed by atoms with Crippen molar-refractivity contribution in [1.29, 1.82) is 0 Å². The number of carbonyl (C=O) groups is 1. The maximum atomic E-state index is 10.5. The number of carboxylic acids is 1. The van der Waals surface area contributed by atoms with Crippen LogP contribution < -0.4 is 21.0 Å². The first-order valence-electron chi connectivity index (χ1n) is 13.0. The lowest BCUT2D eigenvalue weighted by atomic mass is 10.1. The Balaban J connectivity index is 0.00000432. The summed E-state index contributed by atoms with van der Waals surface area (Å²) < 4.78 is 0. The van der Waals surface area contributed by atoms with Crippen molar-refractivity contribution in [1.82, 2.24) is 0 Å². The second-order valence-electron chi connectivity index (χ2n) is 9.20. The average molecular weight is 556 g/mol. The molecule has 0 aliphatic heterocycles. The third-order valence-electron chi connectivity index (χ3n) is 6.72. The third kappa shape index (κ3) is 9.21. The largest absolute Gasteiger partial charge is 0.550 e. The summed E-state index contributed by atoms with van der Waals surface area (Å²) in [6.07, 6.45) is 13.2. The summed E-state index contributed by atoms with van der Waals surface area (Å²) in [5.41, 5.74) is 0. The molecule has 0 N–H and O–H groups in total. The summed E-state index contributed by atoms with van der Waals surface area (Å²) in [7, 11) is -1.68. The fourth-order valence-electron chi connectivity index (χ4n) is 4.91. The minimum atomic E-state index is -1.68. The zero-order valence-electron chi connectivity index (χ0n) is 20.8. The Hall–Kier alpha value is -1.96.